The topological polar surface area (TPSA) is 3.24 Å². The molecular weight excluding hydrogens is 591 g/mol. The Kier molecular flexibility index (Phi) is 5.61. The van der Waals surface area contributed by atoms with Crippen LogP contribution in [0.1, 0.15) is 73.6 Å². The molecule has 0 fully saturated rings. The van der Waals surface area contributed by atoms with Crippen molar-refractivity contribution in [2.75, 3.05) is 4.90 Å². The van der Waals surface area contributed by atoms with Gasteiger partial charge in [0.25, 0.3) is 0 Å². The van der Waals surface area contributed by atoms with Crippen molar-refractivity contribution >= 4 is 27.8 Å². The van der Waals surface area contributed by atoms with Crippen molar-refractivity contribution in [3.8, 4) is 22.3 Å². The highest BCUT2D eigenvalue weighted by atomic mass is 15.2. The molecule has 0 bridgehead atoms. The van der Waals surface area contributed by atoms with Crippen LogP contribution in [0.3, 0.4) is 0 Å². The largest absolute Gasteiger partial charge is 0.309 e. The molecule has 1 heteroatoms. The molecule has 7 aromatic rings. The average molecular weight is 630 g/mol. The summed E-state index contributed by atoms with van der Waals surface area (Å²) >= 11 is 0. The first-order valence-electron chi connectivity index (χ1n) is 17.6. The van der Waals surface area contributed by atoms with Gasteiger partial charge in [-0.2, -0.15) is 0 Å². The second kappa shape index (κ2) is 9.61. The van der Waals surface area contributed by atoms with Gasteiger partial charge >= 0.3 is 0 Å². The van der Waals surface area contributed by atoms with Crippen molar-refractivity contribution in [1.29, 1.82) is 0 Å². The number of rotatable bonds is 2. The Morgan fingerprint density at radius 1 is 0.367 bits per heavy atom. The minimum absolute atomic E-state index is 0.0454. The van der Waals surface area contributed by atoms with Crippen molar-refractivity contribution in [1.82, 2.24) is 0 Å². The number of anilines is 3. The van der Waals surface area contributed by atoms with E-state index >= 15 is 0 Å². The van der Waals surface area contributed by atoms with E-state index in [4.69, 9.17) is 0 Å². The fourth-order valence-electron chi connectivity index (χ4n) is 9.74. The average Bonchev–Trinajstić information content (AvgIpc) is 3.50. The standard InChI is InChI=1S/C48H39N/c1-46(2)36-22-12-11-19-31(36)34-27-40-35(28-39(34)46)45-33-21-10-9-20-32(33)44(29-41(45)47(40,3)4)49-42-25-15-13-23-37(42)48(5,30-17-7-6-8-18-30)38-24-14-16-26-43(38)49/h6-29H,1-5H3. The quantitative estimate of drug-likeness (QED) is 0.184. The molecule has 0 aromatic heterocycles. The molecule has 1 aliphatic heterocycles. The summed E-state index contributed by atoms with van der Waals surface area (Å²) in [5.41, 5.74) is 18.4. The van der Waals surface area contributed by atoms with E-state index in [2.05, 4.69) is 185 Å². The van der Waals surface area contributed by atoms with Crippen molar-refractivity contribution < 1.29 is 0 Å². The second-order valence-electron chi connectivity index (χ2n) is 15.5. The van der Waals surface area contributed by atoms with Crippen LogP contribution in [-0.4, -0.2) is 0 Å². The van der Waals surface area contributed by atoms with Gasteiger partial charge in [0.2, 0.25) is 0 Å². The third kappa shape index (κ3) is 3.55. The predicted molar refractivity (Wildman–Crippen MR) is 206 cm³/mol. The zero-order valence-electron chi connectivity index (χ0n) is 28.8. The Bertz CT molecular complexity index is 2470. The summed E-state index contributed by atoms with van der Waals surface area (Å²) < 4.78 is 0. The molecule has 0 radical (unpaired) electrons. The number of hydrogen-bond acceptors (Lipinski definition) is 1. The van der Waals surface area contributed by atoms with Crippen LogP contribution >= 0.6 is 0 Å². The minimum Gasteiger partial charge on any atom is -0.309 e. The van der Waals surface area contributed by atoms with Gasteiger partial charge in [0, 0.05) is 21.6 Å². The molecule has 3 aliphatic rings. The van der Waals surface area contributed by atoms with Crippen molar-refractivity contribution in [3.63, 3.8) is 0 Å². The minimum atomic E-state index is -0.295. The summed E-state index contributed by atoms with van der Waals surface area (Å²) in [7, 11) is 0. The van der Waals surface area contributed by atoms with Gasteiger partial charge in [-0.15, -0.1) is 0 Å². The summed E-state index contributed by atoms with van der Waals surface area (Å²) in [6, 6.07) is 54.8. The van der Waals surface area contributed by atoms with Gasteiger partial charge in [0.15, 0.2) is 0 Å². The number of fused-ring (bicyclic) bond motifs is 10. The van der Waals surface area contributed by atoms with Gasteiger partial charge in [-0.05, 0) is 104 Å². The Hall–Kier alpha value is -5.40. The third-order valence-electron chi connectivity index (χ3n) is 12.3. The molecule has 0 spiro atoms. The molecule has 1 nitrogen and oxygen atoms in total. The lowest BCUT2D eigenvalue weighted by molar-refractivity contribution is 0.652. The zero-order valence-corrected chi connectivity index (χ0v) is 28.8. The van der Waals surface area contributed by atoms with Crippen molar-refractivity contribution in [2.24, 2.45) is 0 Å². The third-order valence-corrected chi connectivity index (χ3v) is 12.3. The highest BCUT2D eigenvalue weighted by Gasteiger charge is 2.45. The number of nitrogens with zero attached hydrogens (tertiary/aromatic N) is 1. The van der Waals surface area contributed by atoms with E-state index < -0.39 is 0 Å². The molecule has 236 valence electrons. The molecule has 49 heavy (non-hydrogen) atoms. The maximum Gasteiger partial charge on any atom is 0.0543 e. The van der Waals surface area contributed by atoms with E-state index in [0.29, 0.717) is 0 Å². The predicted octanol–water partition coefficient (Wildman–Crippen LogP) is 12.6. The highest BCUT2D eigenvalue weighted by molar-refractivity contribution is 6.11. The Labute approximate surface area is 289 Å². The lowest BCUT2D eigenvalue weighted by atomic mass is 9.67. The van der Waals surface area contributed by atoms with Crippen LogP contribution in [-0.2, 0) is 16.2 Å². The molecule has 2 aliphatic carbocycles. The maximum atomic E-state index is 2.55. The zero-order chi connectivity index (χ0) is 33.3. The summed E-state index contributed by atoms with van der Waals surface area (Å²) in [5.74, 6) is 0. The first-order valence-corrected chi connectivity index (χ1v) is 17.6. The van der Waals surface area contributed by atoms with Crippen LogP contribution in [0.2, 0.25) is 0 Å². The number of para-hydroxylation sites is 2. The molecule has 0 unspecified atom stereocenters. The molecule has 7 aromatic carbocycles. The number of hydrogen-bond donors (Lipinski definition) is 0. The van der Waals surface area contributed by atoms with E-state index in [9.17, 15) is 0 Å². The fraction of sp³-hybridized carbons (Fsp3) is 0.167. The lowest BCUT2D eigenvalue weighted by Gasteiger charge is -2.44. The van der Waals surface area contributed by atoms with Gasteiger partial charge in [-0.25, -0.2) is 0 Å². The highest BCUT2D eigenvalue weighted by Crippen LogP contribution is 2.60. The van der Waals surface area contributed by atoms with E-state index in [1.807, 2.05) is 0 Å². The summed E-state index contributed by atoms with van der Waals surface area (Å²) in [6.45, 7) is 12.0. The Balaban J connectivity index is 1.26. The van der Waals surface area contributed by atoms with Crippen LogP contribution in [0.15, 0.2) is 146 Å². The molecule has 0 atom stereocenters. The van der Waals surface area contributed by atoms with Crippen LogP contribution in [0.5, 0.6) is 0 Å². The SMILES string of the molecule is CC1(C)c2ccccc2-c2cc3c(cc21)-c1c(cc(N2c4ccccc4C(C)(c4ccccc4)c4ccccc42)c2ccccc12)C3(C)C. The van der Waals surface area contributed by atoms with Crippen molar-refractivity contribution in [2.45, 2.75) is 50.9 Å². The smallest absolute Gasteiger partial charge is 0.0543 e. The van der Waals surface area contributed by atoms with Gasteiger partial charge < -0.3 is 4.90 Å². The van der Waals surface area contributed by atoms with Crippen LogP contribution in [0, 0.1) is 0 Å². The molecule has 0 N–H and O–H groups in total. The van der Waals surface area contributed by atoms with E-state index in [0.717, 1.165) is 0 Å². The summed E-state index contributed by atoms with van der Waals surface area (Å²) in [5, 5.41) is 2.60. The van der Waals surface area contributed by atoms with Gasteiger partial charge in [0.05, 0.1) is 17.1 Å². The normalized spacial score (nSPS) is 16.7. The van der Waals surface area contributed by atoms with Crippen LogP contribution in [0.25, 0.3) is 33.0 Å². The van der Waals surface area contributed by atoms with Gasteiger partial charge in [-0.3, -0.25) is 0 Å². The fourth-order valence-corrected chi connectivity index (χ4v) is 9.74. The lowest BCUT2D eigenvalue weighted by Crippen LogP contribution is -2.34. The molecule has 0 saturated heterocycles. The monoisotopic (exact) mass is 629 g/mol. The van der Waals surface area contributed by atoms with E-state index in [-0.39, 0.29) is 16.2 Å². The maximum absolute atomic E-state index is 2.55. The Morgan fingerprint density at radius 3 is 1.57 bits per heavy atom. The molecule has 0 amide bonds. The number of benzene rings is 7. The molecule has 1 heterocycles. The summed E-state index contributed by atoms with van der Waals surface area (Å²) in [6.07, 6.45) is 0. The molecule has 10 rings (SSSR count). The first kappa shape index (κ1) is 28.6. The van der Waals surface area contributed by atoms with Crippen LogP contribution < -0.4 is 4.90 Å². The first-order chi connectivity index (χ1) is 23.7. The van der Waals surface area contributed by atoms with E-state index in [1.54, 1.807) is 0 Å². The van der Waals surface area contributed by atoms with Gasteiger partial charge in [-0.1, -0.05) is 143 Å². The molecule has 0 saturated carbocycles. The van der Waals surface area contributed by atoms with Crippen molar-refractivity contribution in [3.05, 3.63) is 185 Å². The Morgan fingerprint density at radius 2 is 0.878 bits per heavy atom. The molecular formula is C48H39N. The summed E-state index contributed by atoms with van der Waals surface area (Å²) in [4.78, 5) is 2.55. The van der Waals surface area contributed by atoms with E-state index in [1.165, 1.54) is 89.0 Å². The second-order valence-corrected chi connectivity index (χ2v) is 15.5. The van der Waals surface area contributed by atoms with Crippen LogP contribution in [0.4, 0.5) is 17.1 Å². The van der Waals surface area contributed by atoms with Gasteiger partial charge in [0.1, 0.15) is 0 Å².